The van der Waals surface area contributed by atoms with Crippen molar-refractivity contribution in [3.8, 4) is 0 Å². The fraction of sp³-hybridized carbons (Fsp3) is 0.750. The second-order valence-electron chi connectivity index (χ2n) is 6.27. The Bertz CT molecular complexity index is 489. The number of carbonyl (C=O) groups is 1. The van der Waals surface area contributed by atoms with Gasteiger partial charge in [-0.25, -0.2) is 9.78 Å². The number of urea groups is 1. The zero-order valence-electron chi connectivity index (χ0n) is 14.5. The third kappa shape index (κ3) is 5.21. The maximum Gasteiger partial charge on any atom is 0.317 e. The number of methoxy groups -OCH3 is 1. The van der Waals surface area contributed by atoms with Gasteiger partial charge in [0.1, 0.15) is 0 Å². The maximum absolute atomic E-state index is 12.4. The Balaban J connectivity index is 1.81. The van der Waals surface area contributed by atoms with E-state index >= 15 is 0 Å². The van der Waals surface area contributed by atoms with Gasteiger partial charge in [0, 0.05) is 39.0 Å². The molecule has 0 aliphatic carbocycles. The van der Waals surface area contributed by atoms with Crippen molar-refractivity contribution in [2.24, 2.45) is 0 Å². The van der Waals surface area contributed by atoms with Crippen molar-refractivity contribution in [2.75, 3.05) is 40.9 Å². The predicted molar refractivity (Wildman–Crippen MR) is 89.2 cm³/mol. The van der Waals surface area contributed by atoms with E-state index in [4.69, 9.17) is 4.74 Å². The Morgan fingerprint density at radius 3 is 3.00 bits per heavy atom. The number of likely N-dealkylation sites (tertiary alicyclic amines) is 1. The summed E-state index contributed by atoms with van der Waals surface area (Å²) < 4.78 is 7.09. The van der Waals surface area contributed by atoms with E-state index < -0.39 is 0 Å². The number of nitrogens with zero attached hydrogens (tertiary/aromatic N) is 4. The van der Waals surface area contributed by atoms with Crippen molar-refractivity contribution in [3.63, 3.8) is 0 Å². The lowest BCUT2D eigenvalue weighted by molar-refractivity contribution is 0.185. The number of carbonyl (C=O) groups excluding carboxylic acids is 1. The van der Waals surface area contributed by atoms with Gasteiger partial charge in [0.15, 0.2) is 0 Å². The first kappa shape index (κ1) is 17.7. The van der Waals surface area contributed by atoms with Crippen LogP contribution in [0.5, 0.6) is 0 Å². The molecule has 7 nitrogen and oxygen atoms in total. The average Bonchev–Trinajstić information content (AvgIpc) is 2.82. The van der Waals surface area contributed by atoms with Crippen LogP contribution in [0.1, 0.15) is 25.0 Å². The molecule has 1 aromatic rings. The molecule has 1 atom stereocenters. The molecule has 2 amide bonds. The van der Waals surface area contributed by atoms with E-state index in [2.05, 4.69) is 29.3 Å². The average molecular weight is 323 g/mol. The Morgan fingerprint density at radius 1 is 1.43 bits per heavy atom. The normalized spacial score (nSPS) is 19.0. The molecule has 1 unspecified atom stereocenters. The van der Waals surface area contributed by atoms with E-state index in [9.17, 15) is 4.79 Å². The third-order valence-corrected chi connectivity index (χ3v) is 4.47. The molecule has 0 saturated carbocycles. The van der Waals surface area contributed by atoms with Gasteiger partial charge >= 0.3 is 6.03 Å². The molecule has 2 heterocycles. The SMILES string of the molecule is COCCn1cncc1CNC(=O)N1CCCC(N(C)C)CC1. The molecule has 1 saturated heterocycles. The fourth-order valence-corrected chi connectivity index (χ4v) is 2.96. The van der Waals surface area contributed by atoms with Gasteiger partial charge in [-0.05, 0) is 33.4 Å². The molecule has 1 aliphatic rings. The van der Waals surface area contributed by atoms with Crippen LogP contribution in [0.2, 0.25) is 0 Å². The lowest BCUT2D eigenvalue weighted by atomic mass is 10.1. The molecule has 23 heavy (non-hydrogen) atoms. The van der Waals surface area contributed by atoms with Crippen LogP contribution in [0.15, 0.2) is 12.5 Å². The van der Waals surface area contributed by atoms with Crippen LogP contribution in [-0.2, 0) is 17.8 Å². The predicted octanol–water partition coefficient (Wildman–Crippen LogP) is 1.16. The lowest BCUT2D eigenvalue weighted by Crippen LogP contribution is -2.41. The minimum absolute atomic E-state index is 0.0175. The highest BCUT2D eigenvalue weighted by molar-refractivity contribution is 5.74. The van der Waals surface area contributed by atoms with Crippen LogP contribution >= 0.6 is 0 Å². The number of aromatic nitrogens is 2. The summed E-state index contributed by atoms with van der Waals surface area (Å²) in [4.78, 5) is 20.7. The summed E-state index contributed by atoms with van der Waals surface area (Å²) in [6.45, 7) is 3.53. The first-order chi connectivity index (χ1) is 11.1. The van der Waals surface area contributed by atoms with Gasteiger partial charge in [-0.1, -0.05) is 0 Å². The maximum atomic E-state index is 12.4. The van der Waals surface area contributed by atoms with E-state index in [0.717, 1.165) is 44.6 Å². The first-order valence-corrected chi connectivity index (χ1v) is 8.29. The molecule has 1 N–H and O–H groups in total. The number of hydrogen-bond donors (Lipinski definition) is 1. The van der Waals surface area contributed by atoms with Crippen molar-refractivity contribution in [3.05, 3.63) is 18.2 Å². The van der Waals surface area contributed by atoms with E-state index in [1.54, 1.807) is 19.6 Å². The standard InChI is InChI=1S/C16H29N5O2/c1-19(2)14-5-4-7-20(8-6-14)16(22)18-12-15-11-17-13-21(15)9-10-23-3/h11,13-14H,4-10,12H2,1-3H3,(H,18,22). The Labute approximate surface area is 138 Å². The lowest BCUT2D eigenvalue weighted by Gasteiger charge is -2.23. The summed E-state index contributed by atoms with van der Waals surface area (Å²) in [5.74, 6) is 0. The van der Waals surface area contributed by atoms with Crippen molar-refractivity contribution >= 4 is 6.03 Å². The quantitative estimate of drug-likeness (QED) is 0.853. The van der Waals surface area contributed by atoms with E-state index in [1.807, 2.05) is 9.47 Å². The molecule has 0 spiro atoms. The van der Waals surface area contributed by atoms with Crippen molar-refractivity contribution in [2.45, 2.75) is 38.4 Å². The Hall–Kier alpha value is -1.60. The summed E-state index contributed by atoms with van der Waals surface area (Å²) in [5, 5.41) is 3.02. The summed E-state index contributed by atoms with van der Waals surface area (Å²) in [6, 6.07) is 0.590. The number of imidazole rings is 1. The van der Waals surface area contributed by atoms with E-state index in [0.29, 0.717) is 19.2 Å². The third-order valence-electron chi connectivity index (χ3n) is 4.47. The largest absolute Gasteiger partial charge is 0.383 e. The Kier molecular flexibility index (Phi) is 6.85. The minimum atomic E-state index is 0.0175. The number of hydrogen-bond acceptors (Lipinski definition) is 4. The van der Waals surface area contributed by atoms with Crippen LogP contribution in [-0.4, -0.2) is 72.3 Å². The van der Waals surface area contributed by atoms with Crippen molar-refractivity contribution in [1.82, 2.24) is 24.7 Å². The molecule has 1 fully saturated rings. The molecule has 7 heteroatoms. The fourth-order valence-electron chi connectivity index (χ4n) is 2.96. The molecular weight excluding hydrogens is 294 g/mol. The number of rotatable bonds is 6. The topological polar surface area (TPSA) is 62.6 Å². The second kappa shape index (κ2) is 8.88. The van der Waals surface area contributed by atoms with Crippen molar-refractivity contribution < 1.29 is 9.53 Å². The summed E-state index contributed by atoms with van der Waals surface area (Å²) >= 11 is 0. The molecule has 130 valence electrons. The molecule has 0 bridgehead atoms. The van der Waals surface area contributed by atoms with E-state index in [-0.39, 0.29) is 6.03 Å². The summed E-state index contributed by atoms with van der Waals surface area (Å²) in [7, 11) is 5.90. The van der Waals surface area contributed by atoms with Gasteiger partial charge in [0.05, 0.1) is 25.2 Å². The summed E-state index contributed by atoms with van der Waals surface area (Å²) in [5.41, 5.74) is 0.997. The van der Waals surface area contributed by atoms with Crippen LogP contribution < -0.4 is 5.32 Å². The number of ether oxygens (including phenoxy) is 1. The van der Waals surface area contributed by atoms with Crippen LogP contribution in [0, 0.1) is 0 Å². The van der Waals surface area contributed by atoms with Crippen LogP contribution in [0.4, 0.5) is 4.79 Å². The molecule has 0 radical (unpaired) electrons. The highest BCUT2D eigenvalue weighted by Crippen LogP contribution is 2.14. The number of amides is 2. The Morgan fingerprint density at radius 2 is 2.26 bits per heavy atom. The molecular formula is C16H29N5O2. The number of nitrogens with one attached hydrogen (secondary N) is 1. The zero-order chi connectivity index (χ0) is 16.7. The molecule has 0 aromatic carbocycles. The van der Waals surface area contributed by atoms with Gasteiger partial charge in [-0.3, -0.25) is 0 Å². The zero-order valence-corrected chi connectivity index (χ0v) is 14.5. The van der Waals surface area contributed by atoms with Crippen LogP contribution in [0.25, 0.3) is 0 Å². The van der Waals surface area contributed by atoms with Gasteiger partial charge in [0.25, 0.3) is 0 Å². The first-order valence-electron chi connectivity index (χ1n) is 8.29. The van der Waals surface area contributed by atoms with Crippen LogP contribution in [0.3, 0.4) is 0 Å². The highest BCUT2D eigenvalue weighted by atomic mass is 16.5. The smallest absolute Gasteiger partial charge is 0.317 e. The minimum Gasteiger partial charge on any atom is -0.383 e. The molecule has 2 rings (SSSR count). The van der Waals surface area contributed by atoms with Gasteiger partial charge in [-0.15, -0.1) is 0 Å². The molecule has 1 aromatic heterocycles. The summed E-state index contributed by atoms with van der Waals surface area (Å²) in [6.07, 6.45) is 6.81. The van der Waals surface area contributed by atoms with E-state index in [1.165, 1.54) is 0 Å². The second-order valence-corrected chi connectivity index (χ2v) is 6.27. The van der Waals surface area contributed by atoms with Gasteiger partial charge < -0.3 is 24.4 Å². The monoisotopic (exact) mass is 323 g/mol. The van der Waals surface area contributed by atoms with Gasteiger partial charge in [0.2, 0.25) is 0 Å². The van der Waals surface area contributed by atoms with Crippen molar-refractivity contribution in [1.29, 1.82) is 0 Å². The molecule has 1 aliphatic heterocycles. The highest BCUT2D eigenvalue weighted by Gasteiger charge is 2.21. The van der Waals surface area contributed by atoms with Gasteiger partial charge in [-0.2, -0.15) is 0 Å².